The van der Waals surface area contributed by atoms with Gasteiger partial charge in [-0.1, -0.05) is 43.1 Å². The SMILES string of the molecule is CC(C)c1nc(C(=O)NC2CCNCC2)nn1-c1c(Cl)cccc1Cl.Cl. The molecule has 2 heterocycles. The summed E-state index contributed by atoms with van der Waals surface area (Å²) >= 11 is 12.6. The first-order chi connectivity index (χ1) is 12.0. The summed E-state index contributed by atoms with van der Waals surface area (Å²) in [7, 11) is 0. The van der Waals surface area contributed by atoms with Gasteiger partial charge in [0.15, 0.2) is 0 Å². The lowest BCUT2D eigenvalue weighted by molar-refractivity contribution is 0.0919. The van der Waals surface area contributed by atoms with Gasteiger partial charge in [-0.3, -0.25) is 4.79 Å². The number of hydrogen-bond donors (Lipinski definition) is 2. The van der Waals surface area contributed by atoms with Crippen LogP contribution in [0.1, 0.15) is 49.1 Å². The molecule has 1 fully saturated rings. The Balaban J connectivity index is 0.00000243. The van der Waals surface area contributed by atoms with Crippen molar-refractivity contribution in [2.24, 2.45) is 0 Å². The third-order valence-electron chi connectivity index (χ3n) is 4.18. The largest absolute Gasteiger partial charge is 0.346 e. The van der Waals surface area contributed by atoms with E-state index >= 15 is 0 Å². The normalized spacial score (nSPS) is 15.0. The van der Waals surface area contributed by atoms with Gasteiger partial charge in [0.25, 0.3) is 5.91 Å². The molecule has 1 saturated heterocycles. The number of piperidine rings is 1. The molecule has 2 aromatic rings. The summed E-state index contributed by atoms with van der Waals surface area (Å²) < 4.78 is 1.58. The zero-order chi connectivity index (χ0) is 18.0. The van der Waals surface area contributed by atoms with Gasteiger partial charge >= 0.3 is 0 Å². The number of amides is 1. The van der Waals surface area contributed by atoms with E-state index in [2.05, 4.69) is 20.7 Å². The van der Waals surface area contributed by atoms with Crippen LogP contribution in [0.25, 0.3) is 5.69 Å². The van der Waals surface area contributed by atoms with Gasteiger partial charge in [-0.15, -0.1) is 17.5 Å². The predicted octanol–water partition coefficient (Wildman–Crippen LogP) is 3.60. The van der Waals surface area contributed by atoms with Gasteiger partial charge in [0.2, 0.25) is 5.82 Å². The number of aromatic nitrogens is 3. The van der Waals surface area contributed by atoms with Crippen molar-refractivity contribution < 1.29 is 4.79 Å². The number of benzene rings is 1. The van der Waals surface area contributed by atoms with Gasteiger partial charge < -0.3 is 10.6 Å². The number of halogens is 3. The van der Waals surface area contributed by atoms with Gasteiger partial charge in [-0.05, 0) is 38.1 Å². The van der Waals surface area contributed by atoms with Gasteiger partial charge in [-0.25, -0.2) is 9.67 Å². The van der Waals surface area contributed by atoms with Crippen molar-refractivity contribution in [2.75, 3.05) is 13.1 Å². The Labute approximate surface area is 169 Å². The Morgan fingerprint density at radius 1 is 1.27 bits per heavy atom. The van der Waals surface area contributed by atoms with Crippen LogP contribution in [0.3, 0.4) is 0 Å². The van der Waals surface area contributed by atoms with Gasteiger partial charge in [-0.2, -0.15) is 0 Å². The standard InChI is InChI=1S/C17H21Cl2N5O.ClH/c1-10(2)16-22-15(17(25)21-11-6-8-20-9-7-11)23-24(16)14-12(18)4-3-5-13(14)19;/h3-5,10-11,20H,6-9H2,1-2H3,(H,21,25);1H. The average molecular weight is 419 g/mol. The Kier molecular flexibility index (Phi) is 7.29. The highest BCUT2D eigenvalue weighted by atomic mass is 35.5. The lowest BCUT2D eigenvalue weighted by atomic mass is 10.1. The fourth-order valence-corrected chi connectivity index (χ4v) is 3.42. The fourth-order valence-electron chi connectivity index (χ4n) is 2.87. The summed E-state index contributed by atoms with van der Waals surface area (Å²) in [5.74, 6) is 0.569. The molecule has 1 amide bonds. The molecule has 9 heteroatoms. The molecule has 1 aliphatic heterocycles. The van der Waals surface area contributed by atoms with Crippen LogP contribution in [0.4, 0.5) is 0 Å². The lowest BCUT2D eigenvalue weighted by Gasteiger charge is -2.22. The minimum absolute atomic E-state index is 0. The molecular weight excluding hydrogens is 397 g/mol. The number of hydrogen-bond acceptors (Lipinski definition) is 4. The van der Waals surface area contributed by atoms with Crippen LogP contribution in [0.15, 0.2) is 18.2 Å². The lowest BCUT2D eigenvalue weighted by Crippen LogP contribution is -2.43. The summed E-state index contributed by atoms with van der Waals surface area (Å²) in [6, 6.07) is 5.39. The van der Waals surface area contributed by atoms with Crippen molar-refractivity contribution in [1.29, 1.82) is 0 Å². The molecule has 0 aliphatic carbocycles. The maximum absolute atomic E-state index is 12.6. The quantitative estimate of drug-likeness (QED) is 0.796. The van der Waals surface area contributed by atoms with Gasteiger partial charge in [0, 0.05) is 12.0 Å². The van der Waals surface area contributed by atoms with Gasteiger partial charge in [0.05, 0.1) is 10.0 Å². The summed E-state index contributed by atoms with van der Waals surface area (Å²) in [5.41, 5.74) is 0.544. The Morgan fingerprint density at radius 2 is 1.88 bits per heavy atom. The minimum Gasteiger partial charge on any atom is -0.346 e. The molecule has 0 saturated carbocycles. The molecule has 1 aromatic heterocycles. The van der Waals surface area contributed by atoms with Crippen molar-refractivity contribution >= 4 is 41.5 Å². The first-order valence-corrected chi connectivity index (χ1v) is 9.16. The van der Waals surface area contributed by atoms with Crippen molar-refractivity contribution in [3.8, 4) is 5.69 Å². The zero-order valence-corrected chi connectivity index (χ0v) is 17.0. The third-order valence-corrected chi connectivity index (χ3v) is 4.79. The fraction of sp³-hybridized carbons (Fsp3) is 0.471. The monoisotopic (exact) mass is 417 g/mol. The molecule has 2 N–H and O–H groups in total. The highest BCUT2D eigenvalue weighted by Gasteiger charge is 2.24. The molecule has 1 aliphatic rings. The van der Waals surface area contributed by atoms with Crippen molar-refractivity contribution in [3.05, 3.63) is 39.9 Å². The molecule has 0 atom stereocenters. The summed E-state index contributed by atoms with van der Waals surface area (Å²) in [6.45, 7) is 5.78. The van der Waals surface area contributed by atoms with Crippen LogP contribution in [-0.4, -0.2) is 39.8 Å². The summed E-state index contributed by atoms with van der Waals surface area (Å²) in [4.78, 5) is 17.0. The van der Waals surface area contributed by atoms with Crippen LogP contribution in [0, 0.1) is 0 Å². The molecular formula is C17H22Cl3N5O. The number of rotatable bonds is 4. The number of nitrogens with one attached hydrogen (secondary N) is 2. The number of nitrogens with zero attached hydrogens (tertiary/aromatic N) is 3. The molecule has 26 heavy (non-hydrogen) atoms. The Bertz CT molecular complexity index is 752. The van der Waals surface area contributed by atoms with Crippen molar-refractivity contribution in [2.45, 2.75) is 38.6 Å². The van der Waals surface area contributed by atoms with Gasteiger partial charge in [0.1, 0.15) is 11.5 Å². The summed E-state index contributed by atoms with van der Waals surface area (Å²) in [5, 5.41) is 11.6. The van der Waals surface area contributed by atoms with E-state index in [0.29, 0.717) is 21.6 Å². The second-order valence-electron chi connectivity index (χ2n) is 6.43. The molecule has 0 radical (unpaired) electrons. The van der Waals surface area contributed by atoms with E-state index < -0.39 is 0 Å². The van der Waals surface area contributed by atoms with Crippen LogP contribution < -0.4 is 10.6 Å². The van der Waals surface area contributed by atoms with E-state index in [1.54, 1.807) is 22.9 Å². The van der Waals surface area contributed by atoms with E-state index in [9.17, 15) is 4.79 Å². The molecule has 142 valence electrons. The second kappa shape index (κ2) is 9.04. The second-order valence-corrected chi connectivity index (χ2v) is 7.24. The maximum atomic E-state index is 12.6. The number of carbonyl (C=O) groups is 1. The minimum atomic E-state index is -0.268. The predicted molar refractivity (Wildman–Crippen MR) is 106 cm³/mol. The van der Waals surface area contributed by atoms with Crippen molar-refractivity contribution in [3.63, 3.8) is 0 Å². The number of para-hydroxylation sites is 1. The molecule has 6 nitrogen and oxygen atoms in total. The molecule has 3 rings (SSSR count). The molecule has 0 bridgehead atoms. The van der Waals surface area contributed by atoms with Crippen LogP contribution in [0.5, 0.6) is 0 Å². The summed E-state index contributed by atoms with van der Waals surface area (Å²) in [6.07, 6.45) is 1.81. The van der Waals surface area contributed by atoms with Crippen LogP contribution >= 0.6 is 35.6 Å². The first-order valence-electron chi connectivity index (χ1n) is 8.40. The molecule has 1 aromatic carbocycles. The van der Waals surface area contributed by atoms with E-state index in [0.717, 1.165) is 25.9 Å². The van der Waals surface area contributed by atoms with E-state index in [1.807, 2.05) is 13.8 Å². The topological polar surface area (TPSA) is 71.8 Å². The smallest absolute Gasteiger partial charge is 0.291 e. The number of carbonyl (C=O) groups excluding carboxylic acids is 1. The first kappa shape index (κ1) is 21.0. The van der Waals surface area contributed by atoms with Crippen LogP contribution in [0.2, 0.25) is 10.0 Å². The highest BCUT2D eigenvalue weighted by molar-refractivity contribution is 6.37. The van der Waals surface area contributed by atoms with E-state index in [4.69, 9.17) is 23.2 Å². The van der Waals surface area contributed by atoms with E-state index in [1.165, 1.54) is 0 Å². The Morgan fingerprint density at radius 3 is 2.46 bits per heavy atom. The highest BCUT2D eigenvalue weighted by Crippen LogP contribution is 2.30. The Hall–Kier alpha value is -1.34. The maximum Gasteiger partial charge on any atom is 0.291 e. The molecule has 0 spiro atoms. The third kappa shape index (κ3) is 4.49. The average Bonchev–Trinajstić information content (AvgIpc) is 3.01. The van der Waals surface area contributed by atoms with Crippen molar-refractivity contribution in [1.82, 2.24) is 25.4 Å². The van der Waals surface area contributed by atoms with Crippen LogP contribution in [-0.2, 0) is 0 Å². The zero-order valence-electron chi connectivity index (χ0n) is 14.6. The molecule has 0 unspecified atom stereocenters. The van der Waals surface area contributed by atoms with E-state index in [-0.39, 0.29) is 36.1 Å².